The summed E-state index contributed by atoms with van der Waals surface area (Å²) >= 11 is 0. The number of benzene rings is 2. The van der Waals surface area contributed by atoms with Crippen molar-refractivity contribution in [3.05, 3.63) is 71.8 Å². The van der Waals surface area contributed by atoms with Crippen molar-refractivity contribution in [1.82, 2.24) is 0 Å². The van der Waals surface area contributed by atoms with Gasteiger partial charge < -0.3 is 5.32 Å². The van der Waals surface area contributed by atoms with E-state index in [4.69, 9.17) is 0 Å². The van der Waals surface area contributed by atoms with Crippen LogP contribution < -0.4 is 5.32 Å². The summed E-state index contributed by atoms with van der Waals surface area (Å²) in [7, 11) is 0. The van der Waals surface area contributed by atoms with E-state index in [1.807, 2.05) is 6.07 Å². The van der Waals surface area contributed by atoms with Gasteiger partial charge in [0, 0.05) is 12.2 Å². The standard InChI is InChI=1S/C16H17N/c1-14-8-5-6-12-16(14)17-13-7-11-15-9-3-2-4-10-15/h2-12,17H,13H2,1H3. The number of nitrogens with one attached hydrogen (secondary N) is 1. The van der Waals surface area contributed by atoms with Gasteiger partial charge in [-0.1, -0.05) is 60.7 Å². The second kappa shape index (κ2) is 5.90. The number of anilines is 1. The van der Waals surface area contributed by atoms with Crippen molar-refractivity contribution in [2.75, 3.05) is 11.9 Å². The Hall–Kier alpha value is -2.02. The third-order valence-corrected chi connectivity index (χ3v) is 2.67. The fourth-order valence-corrected chi connectivity index (χ4v) is 1.70. The molecule has 0 heterocycles. The van der Waals surface area contributed by atoms with E-state index in [-0.39, 0.29) is 0 Å². The Morgan fingerprint density at radius 2 is 1.65 bits per heavy atom. The maximum atomic E-state index is 3.40. The van der Waals surface area contributed by atoms with Gasteiger partial charge in [-0.15, -0.1) is 0 Å². The van der Waals surface area contributed by atoms with Gasteiger partial charge in [0.05, 0.1) is 0 Å². The highest BCUT2D eigenvalue weighted by Crippen LogP contribution is 2.12. The van der Waals surface area contributed by atoms with Crippen LogP contribution in [0.4, 0.5) is 5.69 Å². The molecular weight excluding hydrogens is 206 g/mol. The minimum absolute atomic E-state index is 0.847. The molecule has 0 fully saturated rings. The van der Waals surface area contributed by atoms with Crippen LogP contribution >= 0.6 is 0 Å². The van der Waals surface area contributed by atoms with E-state index < -0.39 is 0 Å². The van der Waals surface area contributed by atoms with Crippen LogP contribution in [-0.4, -0.2) is 6.54 Å². The molecule has 0 aliphatic heterocycles. The van der Waals surface area contributed by atoms with Crippen molar-refractivity contribution in [3.8, 4) is 0 Å². The van der Waals surface area contributed by atoms with Gasteiger partial charge >= 0.3 is 0 Å². The van der Waals surface area contributed by atoms with E-state index in [0.717, 1.165) is 6.54 Å². The summed E-state index contributed by atoms with van der Waals surface area (Å²) in [5, 5.41) is 3.40. The minimum atomic E-state index is 0.847. The van der Waals surface area contributed by atoms with Crippen LogP contribution in [0.25, 0.3) is 6.08 Å². The molecule has 0 atom stereocenters. The quantitative estimate of drug-likeness (QED) is 0.822. The zero-order chi connectivity index (χ0) is 11.9. The zero-order valence-electron chi connectivity index (χ0n) is 10.1. The predicted molar refractivity (Wildman–Crippen MR) is 75.1 cm³/mol. The lowest BCUT2D eigenvalue weighted by Crippen LogP contribution is -1.99. The third kappa shape index (κ3) is 3.49. The lowest BCUT2D eigenvalue weighted by molar-refractivity contribution is 1.31. The van der Waals surface area contributed by atoms with Crippen molar-refractivity contribution in [2.45, 2.75) is 6.92 Å². The second-order valence-corrected chi connectivity index (χ2v) is 4.01. The summed E-state index contributed by atoms with van der Waals surface area (Å²) in [4.78, 5) is 0. The fourth-order valence-electron chi connectivity index (χ4n) is 1.70. The number of hydrogen-bond donors (Lipinski definition) is 1. The summed E-state index contributed by atoms with van der Waals surface area (Å²) in [6.45, 7) is 2.96. The summed E-state index contributed by atoms with van der Waals surface area (Å²) in [6, 6.07) is 18.7. The molecule has 0 aliphatic carbocycles. The topological polar surface area (TPSA) is 12.0 Å². The van der Waals surface area contributed by atoms with Crippen LogP contribution in [-0.2, 0) is 0 Å². The number of para-hydroxylation sites is 1. The van der Waals surface area contributed by atoms with Gasteiger partial charge in [0.1, 0.15) is 0 Å². The SMILES string of the molecule is Cc1ccccc1NCC=Cc1ccccc1. The number of rotatable bonds is 4. The van der Waals surface area contributed by atoms with E-state index >= 15 is 0 Å². The first-order valence-electron chi connectivity index (χ1n) is 5.87. The Kier molecular flexibility index (Phi) is 3.98. The molecule has 2 aromatic carbocycles. The van der Waals surface area contributed by atoms with E-state index in [1.54, 1.807) is 0 Å². The minimum Gasteiger partial charge on any atom is -0.381 e. The van der Waals surface area contributed by atoms with Gasteiger partial charge in [-0.2, -0.15) is 0 Å². The Labute approximate surface area is 103 Å². The van der Waals surface area contributed by atoms with Gasteiger partial charge in [0.15, 0.2) is 0 Å². The average molecular weight is 223 g/mol. The van der Waals surface area contributed by atoms with Crippen molar-refractivity contribution >= 4 is 11.8 Å². The van der Waals surface area contributed by atoms with Gasteiger partial charge in [-0.25, -0.2) is 0 Å². The largest absolute Gasteiger partial charge is 0.381 e. The molecule has 1 nitrogen and oxygen atoms in total. The summed E-state index contributed by atoms with van der Waals surface area (Å²) in [5.74, 6) is 0. The highest BCUT2D eigenvalue weighted by molar-refractivity contribution is 5.53. The van der Waals surface area contributed by atoms with Crippen LogP contribution in [0.3, 0.4) is 0 Å². The maximum Gasteiger partial charge on any atom is 0.0372 e. The molecule has 1 heteroatoms. The van der Waals surface area contributed by atoms with Crippen molar-refractivity contribution in [1.29, 1.82) is 0 Å². The highest BCUT2D eigenvalue weighted by Gasteiger charge is 1.92. The molecule has 0 aromatic heterocycles. The molecule has 0 unspecified atom stereocenters. The molecule has 86 valence electrons. The zero-order valence-corrected chi connectivity index (χ0v) is 10.1. The Morgan fingerprint density at radius 1 is 0.941 bits per heavy atom. The monoisotopic (exact) mass is 223 g/mol. The van der Waals surface area contributed by atoms with Gasteiger partial charge in [0.2, 0.25) is 0 Å². The summed E-state index contributed by atoms with van der Waals surface area (Å²) in [6.07, 6.45) is 4.27. The molecule has 2 rings (SSSR count). The molecule has 0 amide bonds. The van der Waals surface area contributed by atoms with Crippen LogP contribution in [0.2, 0.25) is 0 Å². The van der Waals surface area contributed by atoms with Crippen molar-refractivity contribution < 1.29 is 0 Å². The first kappa shape index (κ1) is 11.5. The first-order chi connectivity index (χ1) is 8.36. The molecule has 17 heavy (non-hydrogen) atoms. The van der Waals surface area contributed by atoms with Crippen LogP contribution in [0, 0.1) is 6.92 Å². The normalized spacial score (nSPS) is 10.6. The molecule has 0 saturated heterocycles. The van der Waals surface area contributed by atoms with E-state index in [0.29, 0.717) is 0 Å². The molecule has 0 radical (unpaired) electrons. The van der Waals surface area contributed by atoms with Crippen LogP contribution in [0.5, 0.6) is 0 Å². The molecule has 2 aromatic rings. The van der Waals surface area contributed by atoms with Gasteiger partial charge in [0.25, 0.3) is 0 Å². The molecule has 1 N–H and O–H groups in total. The summed E-state index contributed by atoms with van der Waals surface area (Å²) in [5.41, 5.74) is 3.71. The van der Waals surface area contributed by atoms with Gasteiger partial charge in [-0.05, 0) is 24.1 Å². The van der Waals surface area contributed by atoms with E-state index in [9.17, 15) is 0 Å². The molecular formula is C16H17N. The smallest absolute Gasteiger partial charge is 0.0372 e. The fraction of sp³-hybridized carbons (Fsp3) is 0.125. The molecule has 0 bridgehead atoms. The molecule has 0 aliphatic rings. The predicted octanol–water partition coefficient (Wildman–Crippen LogP) is 4.12. The van der Waals surface area contributed by atoms with E-state index in [1.165, 1.54) is 16.8 Å². The summed E-state index contributed by atoms with van der Waals surface area (Å²) < 4.78 is 0. The number of hydrogen-bond acceptors (Lipinski definition) is 1. The van der Waals surface area contributed by atoms with Crippen LogP contribution in [0.1, 0.15) is 11.1 Å². The molecule has 0 saturated carbocycles. The Bertz CT molecular complexity index is 486. The lowest BCUT2D eigenvalue weighted by atomic mass is 10.2. The van der Waals surface area contributed by atoms with Crippen LogP contribution in [0.15, 0.2) is 60.7 Å². The third-order valence-electron chi connectivity index (χ3n) is 2.67. The lowest BCUT2D eigenvalue weighted by Gasteiger charge is -2.06. The van der Waals surface area contributed by atoms with Crippen molar-refractivity contribution in [2.24, 2.45) is 0 Å². The second-order valence-electron chi connectivity index (χ2n) is 4.01. The maximum absolute atomic E-state index is 3.40. The van der Waals surface area contributed by atoms with Gasteiger partial charge in [-0.3, -0.25) is 0 Å². The first-order valence-corrected chi connectivity index (χ1v) is 5.87. The average Bonchev–Trinajstić information content (AvgIpc) is 2.38. The highest BCUT2D eigenvalue weighted by atomic mass is 14.9. The molecule has 0 spiro atoms. The number of aryl methyl sites for hydroxylation is 1. The van der Waals surface area contributed by atoms with Crippen molar-refractivity contribution in [3.63, 3.8) is 0 Å². The Morgan fingerprint density at radius 3 is 2.41 bits per heavy atom. The Balaban J connectivity index is 1.88. The van der Waals surface area contributed by atoms with E-state index in [2.05, 4.69) is 72.9 Å².